The number of hydrogen-bond donors (Lipinski definition) is 2. The van der Waals surface area contributed by atoms with Crippen LogP contribution in [0.3, 0.4) is 0 Å². The number of rotatable bonds is 9. The van der Waals surface area contributed by atoms with E-state index >= 15 is 0 Å². The van der Waals surface area contributed by atoms with Crippen molar-refractivity contribution in [2.24, 2.45) is 5.73 Å². The number of primary amides is 1. The molecule has 0 aromatic carbocycles. The van der Waals surface area contributed by atoms with Gasteiger partial charge < -0.3 is 20.4 Å². The predicted molar refractivity (Wildman–Crippen MR) is 143 cm³/mol. The Bertz CT molecular complexity index is 1310. The van der Waals surface area contributed by atoms with Gasteiger partial charge in [0, 0.05) is 22.4 Å². The van der Waals surface area contributed by atoms with Gasteiger partial charge in [-0.3, -0.25) is 9.59 Å². The Kier molecular flexibility index (Phi) is 8.16. The van der Waals surface area contributed by atoms with Gasteiger partial charge in [-0.1, -0.05) is 11.8 Å². The number of ether oxygens (including phenoxy) is 1. The number of thioether (sulfide) groups is 1. The minimum absolute atomic E-state index is 0.0569. The first-order valence-corrected chi connectivity index (χ1v) is 14.5. The van der Waals surface area contributed by atoms with Gasteiger partial charge in [-0.05, 0) is 64.5 Å². The Morgan fingerprint density at radius 1 is 1.25 bits per heavy atom. The fraction of sp³-hybridized carbons (Fsp3) is 0.458. The highest BCUT2D eigenvalue weighted by molar-refractivity contribution is 7.99. The number of anilines is 1. The lowest BCUT2D eigenvalue weighted by Gasteiger charge is -2.13. The van der Waals surface area contributed by atoms with Gasteiger partial charge in [-0.25, -0.2) is 4.79 Å². The highest BCUT2D eigenvalue weighted by Crippen LogP contribution is 2.37. The molecule has 3 aromatic heterocycles. The van der Waals surface area contributed by atoms with E-state index in [1.807, 2.05) is 11.5 Å². The monoisotopic (exact) mass is 547 g/mol. The summed E-state index contributed by atoms with van der Waals surface area (Å²) in [6.45, 7) is 7.78. The Balaban J connectivity index is 1.50. The zero-order valence-electron chi connectivity index (χ0n) is 20.7. The number of carbonyl (C=O) groups excluding carboxylic acids is 3. The molecule has 1 aliphatic carbocycles. The molecule has 36 heavy (non-hydrogen) atoms. The lowest BCUT2D eigenvalue weighted by molar-refractivity contribution is -0.113. The molecule has 0 bridgehead atoms. The third-order valence-corrected chi connectivity index (χ3v) is 9.12. The van der Waals surface area contributed by atoms with E-state index in [4.69, 9.17) is 10.5 Å². The molecule has 12 heteroatoms. The van der Waals surface area contributed by atoms with Crippen LogP contribution in [0.2, 0.25) is 0 Å². The number of hydrogen-bond acceptors (Lipinski definition) is 9. The predicted octanol–water partition coefficient (Wildman–Crippen LogP) is 4.67. The highest BCUT2D eigenvalue weighted by Gasteiger charge is 2.27. The second kappa shape index (κ2) is 11.1. The maximum atomic E-state index is 12.9. The molecule has 0 fully saturated rings. The number of nitrogens with zero attached hydrogens (tertiary/aromatic N) is 3. The number of thiophene rings is 2. The van der Waals surface area contributed by atoms with Crippen LogP contribution in [0.15, 0.2) is 10.5 Å². The second-order valence-electron chi connectivity index (χ2n) is 8.72. The van der Waals surface area contributed by atoms with Crippen molar-refractivity contribution in [3.8, 4) is 11.4 Å². The van der Waals surface area contributed by atoms with Crippen molar-refractivity contribution in [3.63, 3.8) is 0 Å². The molecule has 2 amide bonds. The van der Waals surface area contributed by atoms with Crippen molar-refractivity contribution in [2.75, 3.05) is 11.1 Å². The van der Waals surface area contributed by atoms with Crippen LogP contribution in [-0.4, -0.2) is 44.4 Å². The van der Waals surface area contributed by atoms with Gasteiger partial charge in [0.05, 0.1) is 22.3 Å². The SMILES string of the molecule is CCn1c(SCC(=O)Nc2sc(C(N)=O)c(C)c2C(=O)OC(C)C)nnc1-c1csc2c1CCCC2. The van der Waals surface area contributed by atoms with Crippen LogP contribution in [-0.2, 0) is 28.9 Å². The lowest BCUT2D eigenvalue weighted by Crippen LogP contribution is -2.18. The van der Waals surface area contributed by atoms with Crippen molar-refractivity contribution in [2.45, 2.75) is 71.2 Å². The van der Waals surface area contributed by atoms with Crippen LogP contribution >= 0.6 is 34.4 Å². The second-order valence-corrected chi connectivity index (χ2v) is 11.7. The summed E-state index contributed by atoms with van der Waals surface area (Å²) in [5.41, 5.74) is 8.54. The van der Waals surface area contributed by atoms with Crippen LogP contribution in [0.4, 0.5) is 5.00 Å². The van der Waals surface area contributed by atoms with Crippen molar-refractivity contribution >= 4 is 57.2 Å². The Hall–Kier alpha value is -2.70. The number of aryl methyl sites for hydroxylation is 1. The maximum absolute atomic E-state index is 12.9. The first kappa shape index (κ1) is 26.4. The lowest BCUT2D eigenvalue weighted by atomic mass is 9.96. The Morgan fingerprint density at radius 3 is 2.69 bits per heavy atom. The molecule has 3 heterocycles. The smallest absolute Gasteiger partial charge is 0.341 e. The number of amides is 2. The van der Waals surface area contributed by atoms with Crippen molar-refractivity contribution < 1.29 is 19.1 Å². The highest BCUT2D eigenvalue weighted by atomic mass is 32.2. The van der Waals surface area contributed by atoms with Crippen LogP contribution in [0.1, 0.15) is 69.6 Å². The minimum Gasteiger partial charge on any atom is -0.459 e. The summed E-state index contributed by atoms with van der Waals surface area (Å²) in [5, 5.41) is 14.6. The molecule has 4 rings (SSSR count). The van der Waals surface area contributed by atoms with E-state index in [0.717, 1.165) is 35.6 Å². The van der Waals surface area contributed by atoms with Crippen molar-refractivity contribution in [1.29, 1.82) is 0 Å². The van der Waals surface area contributed by atoms with Gasteiger partial charge in [0.1, 0.15) is 5.00 Å². The first-order valence-electron chi connectivity index (χ1n) is 11.8. The van der Waals surface area contributed by atoms with E-state index in [9.17, 15) is 14.4 Å². The van der Waals surface area contributed by atoms with Gasteiger partial charge in [-0.15, -0.1) is 32.9 Å². The molecule has 192 valence electrons. The van der Waals surface area contributed by atoms with Crippen LogP contribution in [0.25, 0.3) is 11.4 Å². The average Bonchev–Trinajstić information content (AvgIpc) is 3.51. The first-order chi connectivity index (χ1) is 17.2. The van der Waals surface area contributed by atoms with Crippen molar-refractivity contribution in [1.82, 2.24) is 14.8 Å². The molecular weight excluding hydrogens is 518 g/mol. The molecule has 1 aliphatic rings. The van der Waals surface area contributed by atoms with Gasteiger partial charge in [0.2, 0.25) is 5.91 Å². The number of nitrogens with one attached hydrogen (secondary N) is 1. The molecule has 3 N–H and O–H groups in total. The molecule has 0 radical (unpaired) electrons. The number of aromatic nitrogens is 3. The normalized spacial score (nSPS) is 13.0. The van der Waals surface area contributed by atoms with E-state index < -0.39 is 11.9 Å². The summed E-state index contributed by atoms with van der Waals surface area (Å²) in [6, 6.07) is 0. The quantitative estimate of drug-likeness (QED) is 0.294. The molecule has 0 unspecified atom stereocenters. The number of carbonyl (C=O) groups is 3. The van der Waals surface area contributed by atoms with Gasteiger partial charge in [0.25, 0.3) is 5.91 Å². The fourth-order valence-corrected chi connectivity index (χ4v) is 7.20. The van der Waals surface area contributed by atoms with Crippen LogP contribution in [0.5, 0.6) is 0 Å². The number of esters is 1. The van der Waals surface area contributed by atoms with E-state index in [1.165, 1.54) is 35.0 Å². The standard InChI is InChI=1S/C24H29N5O4S3/c1-5-29-21(15-10-34-16-9-7-6-8-14(15)16)27-28-24(29)35-11-17(30)26-22-18(23(32)33-12(2)3)13(4)19(36-22)20(25)31/h10,12H,5-9,11H2,1-4H3,(H2,25,31)(H,26,30). The Labute approximate surface area is 221 Å². The van der Waals surface area contributed by atoms with E-state index in [-0.39, 0.29) is 33.2 Å². The summed E-state index contributed by atoms with van der Waals surface area (Å²) < 4.78 is 7.34. The van der Waals surface area contributed by atoms with Crippen molar-refractivity contribution in [3.05, 3.63) is 31.8 Å². The van der Waals surface area contributed by atoms with Crippen LogP contribution in [0, 0.1) is 6.92 Å². The van der Waals surface area contributed by atoms with E-state index in [1.54, 1.807) is 32.1 Å². The topological polar surface area (TPSA) is 129 Å². The number of fused-ring (bicyclic) bond motifs is 1. The molecule has 0 aliphatic heterocycles. The molecule has 0 spiro atoms. The molecular formula is C24H29N5O4S3. The van der Waals surface area contributed by atoms with Crippen LogP contribution < -0.4 is 11.1 Å². The third-order valence-electron chi connectivity index (χ3n) is 5.84. The van der Waals surface area contributed by atoms with E-state index in [0.29, 0.717) is 17.3 Å². The summed E-state index contributed by atoms with van der Waals surface area (Å²) in [6.07, 6.45) is 4.24. The molecule has 0 atom stereocenters. The minimum atomic E-state index is -0.662. The summed E-state index contributed by atoms with van der Waals surface area (Å²) >= 11 is 4.03. The molecule has 0 saturated heterocycles. The fourth-order valence-electron chi connectivity index (χ4n) is 4.21. The van der Waals surface area contributed by atoms with Gasteiger partial charge in [-0.2, -0.15) is 0 Å². The van der Waals surface area contributed by atoms with E-state index in [2.05, 4.69) is 20.9 Å². The zero-order chi connectivity index (χ0) is 26.0. The van der Waals surface area contributed by atoms with Gasteiger partial charge >= 0.3 is 5.97 Å². The molecule has 0 saturated carbocycles. The maximum Gasteiger partial charge on any atom is 0.341 e. The largest absolute Gasteiger partial charge is 0.459 e. The Morgan fingerprint density at radius 2 is 2.00 bits per heavy atom. The zero-order valence-corrected chi connectivity index (χ0v) is 23.1. The number of nitrogens with two attached hydrogens (primary N) is 1. The summed E-state index contributed by atoms with van der Waals surface area (Å²) in [5.74, 6) is -0.718. The molecule has 9 nitrogen and oxygen atoms in total. The van der Waals surface area contributed by atoms with Gasteiger partial charge in [0.15, 0.2) is 11.0 Å². The molecule has 3 aromatic rings. The summed E-state index contributed by atoms with van der Waals surface area (Å²) in [4.78, 5) is 39.0. The third kappa shape index (κ3) is 5.35. The average molecular weight is 548 g/mol. The summed E-state index contributed by atoms with van der Waals surface area (Å²) in [7, 11) is 0.